The van der Waals surface area contributed by atoms with Crippen molar-refractivity contribution in [1.82, 2.24) is 15.1 Å². The van der Waals surface area contributed by atoms with Crippen LogP contribution >= 0.6 is 0 Å². The van der Waals surface area contributed by atoms with Crippen LogP contribution in [0, 0.1) is 0 Å². The Morgan fingerprint density at radius 3 is 2.81 bits per heavy atom. The van der Waals surface area contributed by atoms with Gasteiger partial charge in [-0.3, -0.25) is 19.5 Å². The monoisotopic (exact) mass is 223 g/mol. The van der Waals surface area contributed by atoms with E-state index in [0.717, 1.165) is 22.4 Å². The number of aromatic amines is 1. The summed E-state index contributed by atoms with van der Waals surface area (Å²) < 4.78 is 0.954. The fraction of sp³-hybridized carbons (Fsp3) is 0.300. The van der Waals surface area contributed by atoms with E-state index in [4.69, 9.17) is 0 Å². The van der Waals surface area contributed by atoms with Gasteiger partial charge in [0.1, 0.15) is 6.54 Å². The molecule has 0 saturated heterocycles. The third kappa shape index (κ3) is 3.56. The summed E-state index contributed by atoms with van der Waals surface area (Å²) in [5.74, 6) is -0.355. The molecule has 1 amide bonds. The highest BCUT2D eigenvalue weighted by Gasteiger charge is 2.03. The van der Waals surface area contributed by atoms with Crippen molar-refractivity contribution in [2.24, 2.45) is 0 Å². The molecule has 16 heavy (non-hydrogen) atoms. The van der Waals surface area contributed by atoms with Crippen molar-refractivity contribution >= 4 is 5.91 Å². The van der Waals surface area contributed by atoms with Gasteiger partial charge in [0.15, 0.2) is 0 Å². The Hall–Kier alpha value is -2.11. The molecule has 0 bridgehead atoms. The highest BCUT2D eigenvalue weighted by molar-refractivity contribution is 5.75. The molecule has 0 radical (unpaired) electrons. The van der Waals surface area contributed by atoms with E-state index in [1.54, 1.807) is 6.92 Å². The number of amides is 1. The molecule has 0 atom stereocenters. The number of nitrogens with zero attached hydrogens (tertiary/aromatic N) is 1. The maximum absolute atomic E-state index is 11.3. The van der Waals surface area contributed by atoms with Gasteiger partial charge >= 0.3 is 0 Å². The van der Waals surface area contributed by atoms with Crippen LogP contribution < -0.4 is 16.4 Å². The molecule has 86 valence electrons. The molecule has 1 heterocycles. The minimum absolute atomic E-state index is 0.206. The number of carbonyl (C=O) groups is 1. The number of hydrogen-bond acceptors (Lipinski definition) is 3. The van der Waals surface area contributed by atoms with E-state index in [0.29, 0.717) is 6.54 Å². The van der Waals surface area contributed by atoms with Crippen molar-refractivity contribution in [3.05, 3.63) is 45.0 Å². The molecule has 6 heteroatoms. The first-order chi connectivity index (χ1) is 7.49. The summed E-state index contributed by atoms with van der Waals surface area (Å²) in [5, 5.41) is 4.82. The lowest BCUT2D eigenvalue weighted by atomic mass is 10.3. The van der Waals surface area contributed by atoms with E-state index in [-0.39, 0.29) is 12.5 Å². The Labute approximate surface area is 91.6 Å². The number of H-pyrrole nitrogens is 1. The molecule has 0 fully saturated rings. The zero-order valence-electron chi connectivity index (χ0n) is 8.95. The van der Waals surface area contributed by atoms with Gasteiger partial charge in [-0.05, 0) is 6.92 Å². The standard InChI is InChI=1S/C10H13N3O3/c1-7(2)5-11-9(15)6-13-10(16)4-3-8(14)12-13/h3-4H,1,5-6H2,2H3,(H,11,15)(H,12,14). The minimum atomic E-state index is -0.426. The van der Waals surface area contributed by atoms with Crippen molar-refractivity contribution in [2.45, 2.75) is 13.5 Å². The first-order valence-electron chi connectivity index (χ1n) is 4.70. The lowest BCUT2D eigenvalue weighted by Crippen LogP contribution is -2.36. The summed E-state index contributed by atoms with van der Waals surface area (Å²) in [5.41, 5.74) is -0.0420. The quantitative estimate of drug-likeness (QED) is 0.657. The average molecular weight is 223 g/mol. The van der Waals surface area contributed by atoms with E-state index in [2.05, 4.69) is 17.0 Å². The smallest absolute Gasteiger partial charge is 0.265 e. The van der Waals surface area contributed by atoms with Gasteiger partial charge in [-0.1, -0.05) is 12.2 Å². The first-order valence-corrected chi connectivity index (χ1v) is 4.70. The Balaban J connectivity index is 2.70. The molecule has 0 aliphatic heterocycles. The molecule has 1 rings (SSSR count). The molecule has 0 unspecified atom stereocenters. The normalized spacial score (nSPS) is 9.81. The maximum atomic E-state index is 11.3. The summed E-state index contributed by atoms with van der Waals surface area (Å²) >= 11 is 0. The molecule has 1 aromatic heterocycles. The van der Waals surface area contributed by atoms with Gasteiger partial charge in [0, 0.05) is 18.7 Å². The van der Waals surface area contributed by atoms with Crippen molar-refractivity contribution in [2.75, 3.05) is 6.54 Å². The number of nitrogens with one attached hydrogen (secondary N) is 2. The van der Waals surface area contributed by atoms with E-state index < -0.39 is 11.1 Å². The minimum Gasteiger partial charge on any atom is -0.351 e. The second-order valence-electron chi connectivity index (χ2n) is 3.47. The highest BCUT2D eigenvalue weighted by atomic mass is 16.2. The van der Waals surface area contributed by atoms with Crippen LogP contribution in [0.4, 0.5) is 0 Å². The topological polar surface area (TPSA) is 84.0 Å². The van der Waals surface area contributed by atoms with Crippen LogP contribution in [0.2, 0.25) is 0 Å². The average Bonchev–Trinajstić information content (AvgIpc) is 2.20. The molecule has 1 aromatic rings. The molecule has 0 spiro atoms. The van der Waals surface area contributed by atoms with Crippen molar-refractivity contribution in [3.8, 4) is 0 Å². The SMILES string of the molecule is C=C(C)CNC(=O)Cn1[nH]c(=O)ccc1=O. The van der Waals surface area contributed by atoms with Crippen molar-refractivity contribution < 1.29 is 4.79 Å². The number of rotatable bonds is 4. The van der Waals surface area contributed by atoms with Crippen molar-refractivity contribution in [1.29, 1.82) is 0 Å². The molecule has 0 aromatic carbocycles. The summed E-state index contributed by atoms with van der Waals surface area (Å²) in [6.07, 6.45) is 0. The van der Waals surface area contributed by atoms with Gasteiger partial charge < -0.3 is 5.32 Å². The molecule has 0 aliphatic rings. The third-order valence-electron chi connectivity index (χ3n) is 1.78. The molecule has 6 nitrogen and oxygen atoms in total. The van der Waals surface area contributed by atoms with Gasteiger partial charge in [0.05, 0.1) is 0 Å². The Morgan fingerprint density at radius 2 is 2.19 bits per heavy atom. The van der Waals surface area contributed by atoms with Crippen LogP contribution in [0.15, 0.2) is 33.9 Å². The highest BCUT2D eigenvalue weighted by Crippen LogP contribution is 1.82. The van der Waals surface area contributed by atoms with E-state index >= 15 is 0 Å². The summed E-state index contributed by atoms with van der Waals surface area (Å²) in [4.78, 5) is 33.5. The number of aromatic nitrogens is 2. The van der Waals surface area contributed by atoms with Gasteiger partial charge in [0.2, 0.25) is 5.91 Å². The Kier molecular flexibility index (Phi) is 3.82. The Bertz CT molecular complexity index is 513. The van der Waals surface area contributed by atoms with Crippen LogP contribution in [0.25, 0.3) is 0 Å². The molecular formula is C10H13N3O3. The van der Waals surface area contributed by atoms with Crippen LogP contribution in [-0.2, 0) is 11.3 Å². The fourth-order valence-corrected chi connectivity index (χ4v) is 1.03. The van der Waals surface area contributed by atoms with E-state index in [9.17, 15) is 14.4 Å². The van der Waals surface area contributed by atoms with Crippen LogP contribution in [0.1, 0.15) is 6.92 Å². The maximum Gasteiger partial charge on any atom is 0.265 e. The fourth-order valence-electron chi connectivity index (χ4n) is 1.03. The summed E-state index contributed by atoms with van der Waals surface area (Å²) in [6, 6.07) is 2.23. The predicted molar refractivity (Wildman–Crippen MR) is 59.1 cm³/mol. The van der Waals surface area contributed by atoms with Gasteiger partial charge in [-0.15, -0.1) is 0 Å². The van der Waals surface area contributed by atoms with Crippen LogP contribution in [0.3, 0.4) is 0 Å². The second kappa shape index (κ2) is 5.11. The van der Waals surface area contributed by atoms with Gasteiger partial charge in [-0.2, -0.15) is 0 Å². The van der Waals surface area contributed by atoms with Crippen LogP contribution in [-0.4, -0.2) is 22.2 Å². The molecule has 0 saturated carbocycles. The zero-order valence-corrected chi connectivity index (χ0v) is 8.95. The lowest BCUT2D eigenvalue weighted by molar-refractivity contribution is -0.121. The number of hydrogen-bond donors (Lipinski definition) is 2. The summed E-state index contributed by atoms with van der Waals surface area (Å²) in [6.45, 7) is 5.55. The zero-order chi connectivity index (χ0) is 12.1. The second-order valence-corrected chi connectivity index (χ2v) is 3.47. The van der Waals surface area contributed by atoms with Crippen molar-refractivity contribution in [3.63, 3.8) is 0 Å². The Morgan fingerprint density at radius 1 is 1.50 bits per heavy atom. The van der Waals surface area contributed by atoms with Gasteiger partial charge in [-0.25, -0.2) is 4.68 Å². The van der Waals surface area contributed by atoms with E-state index in [1.807, 2.05) is 0 Å². The number of carbonyl (C=O) groups excluding carboxylic acids is 1. The lowest BCUT2D eigenvalue weighted by Gasteiger charge is -2.06. The van der Waals surface area contributed by atoms with E-state index in [1.165, 1.54) is 0 Å². The summed E-state index contributed by atoms with van der Waals surface area (Å²) in [7, 11) is 0. The largest absolute Gasteiger partial charge is 0.351 e. The molecule has 0 aliphatic carbocycles. The van der Waals surface area contributed by atoms with Gasteiger partial charge in [0.25, 0.3) is 11.1 Å². The predicted octanol–water partition coefficient (Wildman–Crippen LogP) is -0.771. The third-order valence-corrected chi connectivity index (χ3v) is 1.78. The first kappa shape index (κ1) is 12.0. The van der Waals surface area contributed by atoms with Crippen LogP contribution in [0.5, 0.6) is 0 Å². The molecular weight excluding hydrogens is 210 g/mol. The molecule has 2 N–H and O–H groups in total.